The largest absolute Gasteiger partial charge is 0.508 e. The van der Waals surface area contributed by atoms with Gasteiger partial charge in [-0.2, -0.15) is 0 Å². The molecule has 0 unspecified atom stereocenters. The van der Waals surface area contributed by atoms with E-state index >= 15 is 0 Å². The average molecular weight is 185 g/mol. The third-order valence-electron chi connectivity index (χ3n) is 1.47. The fourth-order valence-corrected chi connectivity index (χ4v) is 1.19. The molecule has 0 aliphatic carbocycles. The van der Waals surface area contributed by atoms with E-state index in [4.69, 9.17) is 9.52 Å². The van der Waals surface area contributed by atoms with E-state index in [0.717, 1.165) is 6.07 Å². The lowest BCUT2D eigenvalue weighted by Gasteiger charge is -1.91. The monoisotopic (exact) mass is 185 g/mol. The summed E-state index contributed by atoms with van der Waals surface area (Å²) in [4.78, 5) is 2.61. The van der Waals surface area contributed by atoms with Crippen molar-refractivity contribution in [1.82, 2.24) is 4.98 Å². The lowest BCUT2D eigenvalue weighted by Crippen LogP contribution is -1.76. The van der Waals surface area contributed by atoms with E-state index < -0.39 is 5.82 Å². The molecule has 5 heteroatoms. The van der Waals surface area contributed by atoms with Crippen molar-refractivity contribution < 1.29 is 13.9 Å². The predicted molar refractivity (Wildman–Crippen MR) is 43.0 cm³/mol. The number of nitrogens with one attached hydrogen (secondary N) is 1. The van der Waals surface area contributed by atoms with Crippen LogP contribution in [0, 0.1) is 10.7 Å². The molecule has 1 aromatic heterocycles. The molecule has 0 fully saturated rings. The van der Waals surface area contributed by atoms with Gasteiger partial charge in [0.1, 0.15) is 11.3 Å². The number of hydrogen-bond acceptors (Lipinski definition) is 3. The Morgan fingerprint density at radius 2 is 2.25 bits per heavy atom. The molecule has 3 nitrogen and oxygen atoms in total. The van der Waals surface area contributed by atoms with Gasteiger partial charge in [-0.05, 0) is 12.2 Å². The maximum Gasteiger partial charge on any atom is 0.266 e. The minimum atomic E-state index is -0.579. The zero-order chi connectivity index (χ0) is 8.72. The number of oxazole rings is 1. The van der Waals surface area contributed by atoms with Gasteiger partial charge in [0.05, 0.1) is 0 Å². The highest BCUT2D eigenvalue weighted by molar-refractivity contribution is 7.71. The Bertz CT molecular complexity index is 488. The van der Waals surface area contributed by atoms with Gasteiger partial charge >= 0.3 is 0 Å². The van der Waals surface area contributed by atoms with Crippen LogP contribution in [0.1, 0.15) is 0 Å². The van der Waals surface area contributed by atoms with Gasteiger partial charge in [-0.25, -0.2) is 4.39 Å². The summed E-state index contributed by atoms with van der Waals surface area (Å²) >= 11 is 4.65. The minimum absolute atomic E-state index is 0.0921. The molecular formula is C7H4FNO2S. The number of phenols is 1. The first-order valence-electron chi connectivity index (χ1n) is 3.18. The average Bonchev–Trinajstić information content (AvgIpc) is 2.29. The number of phenolic OH excluding ortho intramolecular Hbond substituents is 1. The highest BCUT2D eigenvalue weighted by Crippen LogP contribution is 2.22. The summed E-state index contributed by atoms with van der Waals surface area (Å²) in [6, 6.07) is 2.29. The molecule has 12 heavy (non-hydrogen) atoms. The van der Waals surface area contributed by atoms with Gasteiger partial charge in [-0.3, -0.25) is 0 Å². The fraction of sp³-hybridized carbons (Fsp3) is 0. The summed E-state index contributed by atoms with van der Waals surface area (Å²) in [6.45, 7) is 0. The Hall–Kier alpha value is -1.36. The number of rotatable bonds is 0. The van der Waals surface area contributed by atoms with Crippen LogP contribution in [0.5, 0.6) is 5.75 Å². The minimum Gasteiger partial charge on any atom is -0.508 e. The maximum atomic E-state index is 13.0. The first kappa shape index (κ1) is 7.30. The van der Waals surface area contributed by atoms with Crippen LogP contribution in [0.3, 0.4) is 0 Å². The number of aromatic hydroxyl groups is 1. The highest BCUT2D eigenvalue weighted by atomic mass is 32.1. The number of benzene rings is 1. The fourth-order valence-electron chi connectivity index (χ4n) is 0.997. The predicted octanol–water partition coefficient (Wildman–Crippen LogP) is 2.34. The van der Waals surface area contributed by atoms with Gasteiger partial charge in [-0.1, -0.05) is 0 Å². The summed E-state index contributed by atoms with van der Waals surface area (Å²) in [5.41, 5.74) is 0.398. The second kappa shape index (κ2) is 2.31. The normalized spacial score (nSPS) is 10.8. The second-order valence-electron chi connectivity index (χ2n) is 2.32. The SMILES string of the molecule is Oc1cc(F)c2[nH]c(=S)oc2c1. The standard InChI is InChI=1S/C7H4FNO2S/c8-4-1-3(10)2-5-6(4)9-7(12)11-5/h1-2,10H,(H,9,12). The van der Waals surface area contributed by atoms with Crippen LogP contribution in [0.4, 0.5) is 4.39 Å². The van der Waals surface area contributed by atoms with E-state index in [2.05, 4.69) is 17.2 Å². The molecule has 0 radical (unpaired) electrons. The molecule has 0 spiro atoms. The number of aromatic amines is 1. The molecule has 0 aliphatic rings. The lowest BCUT2D eigenvalue weighted by atomic mass is 10.3. The lowest BCUT2D eigenvalue weighted by molar-refractivity contribution is 0.469. The topological polar surface area (TPSA) is 49.2 Å². The molecular weight excluding hydrogens is 181 g/mol. The van der Waals surface area contributed by atoms with Crippen molar-refractivity contribution in [2.45, 2.75) is 0 Å². The van der Waals surface area contributed by atoms with E-state index in [-0.39, 0.29) is 21.7 Å². The number of fused-ring (bicyclic) bond motifs is 1. The Morgan fingerprint density at radius 3 is 3.00 bits per heavy atom. The zero-order valence-electron chi connectivity index (χ0n) is 5.80. The molecule has 2 aromatic rings. The van der Waals surface area contributed by atoms with Crippen molar-refractivity contribution in [3.63, 3.8) is 0 Å². The van der Waals surface area contributed by atoms with E-state index in [1.165, 1.54) is 6.07 Å². The molecule has 0 atom stereocenters. The van der Waals surface area contributed by atoms with Gasteiger partial charge in [0.2, 0.25) is 0 Å². The molecule has 2 rings (SSSR count). The van der Waals surface area contributed by atoms with Gasteiger partial charge in [0.15, 0.2) is 11.4 Å². The molecule has 0 saturated heterocycles. The number of aromatic nitrogens is 1. The molecule has 1 aromatic carbocycles. The van der Waals surface area contributed by atoms with Gasteiger partial charge in [-0.15, -0.1) is 0 Å². The summed E-state index contributed by atoms with van der Waals surface area (Å²) in [5.74, 6) is -0.761. The number of hydrogen-bond donors (Lipinski definition) is 2. The Balaban J connectivity index is 2.97. The van der Waals surface area contributed by atoms with Crippen LogP contribution in [-0.4, -0.2) is 10.1 Å². The van der Waals surface area contributed by atoms with Crippen LogP contribution in [0.2, 0.25) is 0 Å². The Labute approximate surface area is 71.4 Å². The number of H-pyrrole nitrogens is 1. The first-order valence-corrected chi connectivity index (χ1v) is 3.59. The highest BCUT2D eigenvalue weighted by Gasteiger charge is 2.06. The molecule has 1 heterocycles. The van der Waals surface area contributed by atoms with Gasteiger partial charge in [0.25, 0.3) is 4.84 Å². The molecule has 0 aliphatic heterocycles. The van der Waals surface area contributed by atoms with Crippen molar-refractivity contribution in [3.05, 3.63) is 22.8 Å². The van der Waals surface area contributed by atoms with Crippen molar-refractivity contribution in [2.24, 2.45) is 0 Å². The third kappa shape index (κ3) is 0.984. The van der Waals surface area contributed by atoms with Crippen molar-refractivity contribution in [3.8, 4) is 5.75 Å². The van der Waals surface area contributed by atoms with E-state index in [1.54, 1.807) is 0 Å². The van der Waals surface area contributed by atoms with E-state index in [1.807, 2.05) is 0 Å². The summed E-state index contributed by atoms with van der Waals surface area (Å²) in [6.07, 6.45) is 0. The van der Waals surface area contributed by atoms with Crippen LogP contribution in [0.15, 0.2) is 16.5 Å². The first-order chi connectivity index (χ1) is 5.66. The Morgan fingerprint density at radius 1 is 1.50 bits per heavy atom. The van der Waals surface area contributed by atoms with Crippen molar-refractivity contribution >= 4 is 23.3 Å². The second-order valence-corrected chi connectivity index (χ2v) is 2.69. The van der Waals surface area contributed by atoms with Crippen LogP contribution in [-0.2, 0) is 0 Å². The zero-order valence-corrected chi connectivity index (χ0v) is 6.61. The van der Waals surface area contributed by atoms with Crippen molar-refractivity contribution in [2.75, 3.05) is 0 Å². The maximum absolute atomic E-state index is 13.0. The summed E-state index contributed by atoms with van der Waals surface area (Å²) in [5, 5.41) is 8.97. The summed E-state index contributed by atoms with van der Waals surface area (Å²) in [7, 11) is 0. The number of halogens is 1. The molecule has 0 saturated carbocycles. The molecule has 0 amide bonds. The smallest absolute Gasteiger partial charge is 0.266 e. The molecule has 62 valence electrons. The summed E-state index contributed by atoms with van der Waals surface area (Å²) < 4.78 is 17.9. The Kier molecular flexibility index (Phi) is 1.41. The van der Waals surface area contributed by atoms with Gasteiger partial charge in [0, 0.05) is 12.1 Å². The van der Waals surface area contributed by atoms with E-state index in [0.29, 0.717) is 0 Å². The van der Waals surface area contributed by atoms with Crippen LogP contribution < -0.4 is 0 Å². The van der Waals surface area contributed by atoms with Crippen LogP contribution >= 0.6 is 12.2 Å². The molecule has 0 bridgehead atoms. The van der Waals surface area contributed by atoms with Gasteiger partial charge < -0.3 is 14.5 Å². The van der Waals surface area contributed by atoms with Crippen molar-refractivity contribution in [1.29, 1.82) is 0 Å². The van der Waals surface area contributed by atoms with E-state index in [9.17, 15) is 4.39 Å². The quantitative estimate of drug-likeness (QED) is 0.619. The molecule has 2 N–H and O–H groups in total. The van der Waals surface area contributed by atoms with Crippen LogP contribution in [0.25, 0.3) is 11.1 Å². The third-order valence-corrected chi connectivity index (χ3v) is 1.65.